The van der Waals surface area contributed by atoms with Crippen molar-refractivity contribution in [2.75, 3.05) is 13.1 Å². The summed E-state index contributed by atoms with van der Waals surface area (Å²) in [6.45, 7) is 1.06. The van der Waals surface area contributed by atoms with Gasteiger partial charge in [0.2, 0.25) is 0 Å². The summed E-state index contributed by atoms with van der Waals surface area (Å²) >= 11 is 0. The van der Waals surface area contributed by atoms with Gasteiger partial charge >= 0.3 is 0 Å². The Labute approximate surface area is 168 Å². The zero-order valence-corrected chi connectivity index (χ0v) is 16.0. The molecule has 6 nitrogen and oxygen atoms in total. The van der Waals surface area contributed by atoms with Crippen molar-refractivity contribution in [1.29, 1.82) is 5.41 Å². The van der Waals surface area contributed by atoms with Gasteiger partial charge in [0.1, 0.15) is 11.6 Å². The van der Waals surface area contributed by atoms with Gasteiger partial charge in [0, 0.05) is 43.2 Å². The minimum absolute atomic E-state index is 0.0304. The Bertz CT molecular complexity index is 894. The number of benzene rings is 1. The topological polar surface area (TPSA) is 94.7 Å². The Hall–Kier alpha value is -3.29. The summed E-state index contributed by atoms with van der Waals surface area (Å²) < 4.78 is 27.6. The number of hydrogen-bond acceptors (Lipinski definition) is 3. The number of nitrogens with one attached hydrogen (secondary N) is 2. The third kappa shape index (κ3) is 5.84. The summed E-state index contributed by atoms with van der Waals surface area (Å²) in [6, 6.07) is 9.00. The van der Waals surface area contributed by atoms with Crippen LogP contribution in [0.4, 0.5) is 8.78 Å². The second kappa shape index (κ2) is 9.77. The van der Waals surface area contributed by atoms with Gasteiger partial charge in [-0.1, -0.05) is 6.07 Å². The highest BCUT2D eigenvalue weighted by atomic mass is 19.1. The molecule has 1 atom stereocenters. The third-order valence-electron chi connectivity index (χ3n) is 4.78. The maximum atomic E-state index is 13.8. The summed E-state index contributed by atoms with van der Waals surface area (Å²) in [7, 11) is 0. The van der Waals surface area contributed by atoms with Crippen LogP contribution in [0.25, 0.3) is 0 Å². The molecule has 0 aliphatic rings. The number of pyridine rings is 1. The molecule has 0 amide bonds. The molecule has 152 valence electrons. The first-order valence-corrected chi connectivity index (χ1v) is 9.46. The minimum atomic E-state index is -0.622. The molecule has 0 radical (unpaired) electrons. The average Bonchev–Trinajstić information content (AvgIpc) is 3.20. The fourth-order valence-electron chi connectivity index (χ4n) is 3.36. The summed E-state index contributed by atoms with van der Waals surface area (Å²) in [6.07, 6.45) is 7.20. The van der Waals surface area contributed by atoms with Crippen molar-refractivity contribution >= 4 is 5.96 Å². The molecule has 0 aliphatic carbocycles. The number of nitrogens with zero attached hydrogens (tertiary/aromatic N) is 3. The van der Waals surface area contributed by atoms with Gasteiger partial charge in [-0.05, 0) is 49.1 Å². The zero-order chi connectivity index (χ0) is 20.6. The number of aryl methyl sites for hydroxylation is 1. The van der Waals surface area contributed by atoms with E-state index in [1.54, 1.807) is 23.5 Å². The average molecular weight is 398 g/mol. The van der Waals surface area contributed by atoms with E-state index in [2.05, 4.69) is 15.0 Å². The van der Waals surface area contributed by atoms with Gasteiger partial charge in [0.05, 0.1) is 12.0 Å². The van der Waals surface area contributed by atoms with Crippen LogP contribution in [0.5, 0.6) is 0 Å². The number of H-pyrrole nitrogens is 1. The molecule has 0 spiro atoms. The second-order valence-corrected chi connectivity index (χ2v) is 6.84. The quantitative estimate of drug-likeness (QED) is 0.380. The van der Waals surface area contributed by atoms with Crippen LogP contribution in [-0.4, -0.2) is 38.9 Å². The van der Waals surface area contributed by atoms with Crippen LogP contribution in [0.2, 0.25) is 0 Å². The Morgan fingerprint density at radius 2 is 1.93 bits per heavy atom. The van der Waals surface area contributed by atoms with Gasteiger partial charge in [-0.15, -0.1) is 0 Å². The van der Waals surface area contributed by atoms with Gasteiger partial charge in [-0.3, -0.25) is 10.4 Å². The molecule has 4 N–H and O–H groups in total. The first kappa shape index (κ1) is 20.4. The summed E-state index contributed by atoms with van der Waals surface area (Å²) in [5.74, 6) is -1.58. The number of aromatic nitrogens is 3. The molecule has 3 rings (SSSR count). The predicted octanol–water partition coefficient (Wildman–Crippen LogP) is 3.43. The number of aromatic amines is 1. The second-order valence-electron chi connectivity index (χ2n) is 6.84. The van der Waals surface area contributed by atoms with Crippen LogP contribution < -0.4 is 5.73 Å². The lowest BCUT2D eigenvalue weighted by Gasteiger charge is -2.25. The Morgan fingerprint density at radius 1 is 1.14 bits per heavy atom. The fourth-order valence-corrected chi connectivity index (χ4v) is 3.36. The van der Waals surface area contributed by atoms with Crippen LogP contribution in [0, 0.1) is 17.0 Å². The molecule has 1 unspecified atom stereocenters. The first-order chi connectivity index (χ1) is 14.0. The standard InChI is InChI=1S/C21H24F2N6/c22-16-10-15(11-17(23)12-16)19(20-5-1-2-7-27-20)6-9-29(21(24)25)8-3-4-18-13-26-14-28-18/h1-2,5,7,10-14,19H,3-4,6,8-9H2,(H3,24,25)(H,26,28). The molecule has 0 saturated heterocycles. The maximum absolute atomic E-state index is 13.8. The van der Waals surface area contributed by atoms with Gasteiger partial charge in [0.25, 0.3) is 0 Å². The van der Waals surface area contributed by atoms with Gasteiger partial charge in [-0.2, -0.15) is 0 Å². The van der Waals surface area contributed by atoms with E-state index in [9.17, 15) is 8.78 Å². The van der Waals surface area contributed by atoms with E-state index in [0.29, 0.717) is 25.1 Å². The number of guanidine groups is 1. The predicted molar refractivity (Wildman–Crippen MR) is 107 cm³/mol. The molecule has 1 aromatic carbocycles. The lowest BCUT2D eigenvalue weighted by molar-refractivity contribution is 0.385. The molecule has 0 saturated carbocycles. The first-order valence-electron chi connectivity index (χ1n) is 9.46. The Morgan fingerprint density at radius 3 is 2.55 bits per heavy atom. The SMILES string of the molecule is N=C(N)N(CCCc1c[nH]cn1)CCC(c1cc(F)cc(F)c1)c1ccccn1. The largest absolute Gasteiger partial charge is 0.370 e. The molecule has 0 aliphatic heterocycles. The van der Waals surface area contributed by atoms with Crippen molar-refractivity contribution in [1.82, 2.24) is 19.9 Å². The molecule has 0 bridgehead atoms. The van der Waals surface area contributed by atoms with Crippen molar-refractivity contribution in [2.24, 2.45) is 5.73 Å². The molecule has 0 fully saturated rings. The summed E-state index contributed by atoms with van der Waals surface area (Å²) in [4.78, 5) is 13.2. The van der Waals surface area contributed by atoms with Gasteiger partial charge in [0.15, 0.2) is 5.96 Å². The normalized spacial score (nSPS) is 11.9. The van der Waals surface area contributed by atoms with Crippen LogP contribution >= 0.6 is 0 Å². The van der Waals surface area contributed by atoms with Crippen LogP contribution in [0.15, 0.2) is 55.1 Å². The van der Waals surface area contributed by atoms with E-state index in [1.807, 2.05) is 18.3 Å². The van der Waals surface area contributed by atoms with Crippen LogP contribution in [0.3, 0.4) is 0 Å². The number of halogens is 2. The number of hydrogen-bond donors (Lipinski definition) is 3. The van der Waals surface area contributed by atoms with E-state index < -0.39 is 11.6 Å². The highest BCUT2D eigenvalue weighted by Gasteiger charge is 2.19. The number of rotatable bonds is 9. The van der Waals surface area contributed by atoms with Crippen molar-refractivity contribution in [2.45, 2.75) is 25.2 Å². The monoisotopic (exact) mass is 398 g/mol. The molecular formula is C21H24F2N6. The van der Waals surface area contributed by atoms with E-state index in [4.69, 9.17) is 11.1 Å². The molecule has 2 heterocycles. The highest BCUT2D eigenvalue weighted by Crippen LogP contribution is 2.28. The molecular weight excluding hydrogens is 374 g/mol. The summed E-state index contributed by atoms with van der Waals surface area (Å²) in [5, 5.41) is 7.87. The van der Waals surface area contributed by atoms with E-state index >= 15 is 0 Å². The third-order valence-corrected chi connectivity index (χ3v) is 4.78. The maximum Gasteiger partial charge on any atom is 0.188 e. The smallest absolute Gasteiger partial charge is 0.188 e. The Balaban J connectivity index is 1.71. The van der Waals surface area contributed by atoms with E-state index in [0.717, 1.165) is 30.3 Å². The lowest BCUT2D eigenvalue weighted by Crippen LogP contribution is -2.38. The fraction of sp³-hybridized carbons (Fsp3) is 0.286. The van der Waals surface area contributed by atoms with Crippen molar-refractivity contribution < 1.29 is 8.78 Å². The summed E-state index contributed by atoms with van der Waals surface area (Å²) in [5.41, 5.74) is 7.95. The molecule has 29 heavy (non-hydrogen) atoms. The van der Waals surface area contributed by atoms with Crippen molar-refractivity contribution in [3.8, 4) is 0 Å². The number of imidazole rings is 1. The molecule has 2 aromatic heterocycles. The zero-order valence-electron chi connectivity index (χ0n) is 16.0. The van der Waals surface area contributed by atoms with E-state index in [1.165, 1.54) is 12.1 Å². The molecule has 8 heteroatoms. The van der Waals surface area contributed by atoms with E-state index in [-0.39, 0.29) is 11.9 Å². The molecule has 3 aromatic rings. The minimum Gasteiger partial charge on any atom is -0.370 e. The highest BCUT2D eigenvalue weighted by molar-refractivity contribution is 5.74. The Kier molecular flexibility index (Phi) is 6.89. The van der Waals surface area contributed by atoms with Crippen molar-refractivity contribution in [3.05, 3.63) is 83.7 Å². The van der Waals surface area contributed by atoms with Crippen molar-refractivity contribution in [3.63, 3.8) is 0 Å². The van der Waals surface area contributed by atoms with Crippen LogP contribution in [0.1, 0.15) is 35.7 Å². The van der Waals surface area contributed by atoms with Crippen LogP contribution in [-0.2, 0) is 6.42 Å². The lowest BCUT2D eigenvalue weighted by atomic mass is 9.91. The van der Waals surface area contributed by atoms with Gasteiger partial charge in [-0.25, -0.2) is 13.8 Å². The number of nitrogens with two attached hydrogens (primary N) is 1. The van der Waals surface area contributed by atoms with Gasteiger partial charge < -0.3 is 15.6 Å².